The molecule has 0 spiro atoms. The fourth-order valence-electron chi connectivity index (χ4n) is 4.88. The molecule has 1 heterocycles. The van der Waals surface area contributed by atoms with Crippen molar-refractivity contribution >= 4 is 17.7 Å². The van der Waals surface area contributed by atoms with E-state index in [-0.39, 0.29) is 29.5 Å². The van der Waals surface area contributed by atoms with Gasteiger partial charge in [-0.25, -0.2) is 9.59 Å². The van der Waals surface area contributed by atoms with Crippen molar-refractivity contribution in [1.82, 2.24) is 10.2 Å². The smallest absolute Gasteiger partial charge is 0.416 e. The number of nitrogens with zero attached hydrogens (tertiary/aromatic N) is 3. The van der Waals surface area contributed by atoms with Crippen molar-refractivity contribution in [2.45, 2.75) is 51.7 Å². The molecule has 1 aromatic carbocycles. The van der Waals surface area contributed by atoms with E-state index in [0.29, 0.717) is 25.0 Å². The number of ether oxygens (including phenoxy) is 1. The van der Waals surface area contributed by atoms with E-state index >= 15 is 0 Å². The van der Waals surface area contributed by atoms with Gasteiger partial charge in [0.15, 0.2) is 0 Å². The van der Waals surface area contributed by atoms with Crippen LogP contribution in [0.2, 0.25) is 0 Å². The number of benzene rings is 1. The lowest BCUT2D eigenvalue weighted by molar-refractivity contribution is -0.140. The molecule has 2 aliphatic rings. The van der Waals surface area contributed by atoms with E-state index in [4.69, 9.17) is 4.74 Å². The maximum Gasteiger partial charge on any atom is 0.416 e. The minimum absolute atomic E-state index is 0.0219. The number of alkyl halides is 3. The average Bonchev–Trinajstić information content (AvgIpc) is 2.89. The fourth-order valence-corrected chi connectivity index (χ4v) is 4.88. The Kier molecular flexibility index (Phi) is 9.75. The van der Waals surface area contributed by atoms with Crippen LogP contribution in [-0.2, 0) is 15.7 Å². The van der Waals surface area contributed by atoms with Gasteiger partial charge in [-0.3, -0.25) is 4.90 Å². The van der Waals surface area contributed by atoms with Gasteiger partial charge >= 0.3 is 18.2 Å². The summed E-state index contributed by atoms with van der Waals surface area (Å²) in [6.07, 6.45) is 3.42. The van der Waals surface area contributed by atoms with Crippen LogP contribution in [0.5, 0.6) is 0 Å². The van der Waals surface area contributed by atoms with Crippen LogP contribution in [0.3, 0.4) is 0 Å². The molecule has 0 bridgehead atoms. The molecule has 1 N–H and O–H groups in total. The highest BCUT2D eigenvalue weighted by Gasteiger charge is 2.45. The zero-order valence-corrected chi connectivity index (χ0v) is 21.8. The molecule has 1 aromatic rings. The monoisotopic (exact) mass is 530 g/mol. The Balaban J connectivity index is 2.12. The first-order valence-electron chi connectivity index (χ1n) is 12.7. The molecule has 0 aromatic heterocycles. The summed E-state index contributed by atoms with van der Waals surface area (Å²) in [7, 11) is 1.86. The second-order valence-corrected chi connectivity index (χ2v) is 9.22. The zero-order chi connectivity index (χ0) is 27.9. The van der Waals surface area contributed by atoms with Gasteiger partial charge < -0.3 is 15.0 Å². The van der Waals surface area contributed by atoms with Gasteiger partial charge in [0.25, 0.3) is 0 Å². The number of carbonyl (C=O) groups excluding carboxylic acids is 2. The van der Waals surface area contributed by atoms with E-state index in [9.17, 15) is 28.0 Å². The number of amides is 2. The Bertz CT molecular complexity index is 1170. The minimum Gasteiger partial charge on any atom is -0.463 e. The molecule has 1 aliphatic carbocycles. The summed E-state index contributed by atoms with van der Waals surface area (Å²) in [6, 6.07) is 5.42. The summed E-state index contributed by atoms with van der Waals surface area (Å²) in [6.45, 7) is 4.45. The summed E-state index contributed by atoms with van der Waals surface area (Å²) in [4.78, 5) is 30.1. The van der Waals surface area contributed by atoms with Gasteiger partial charge in [0, 0.05) is 23.7 Å². The topological polar surface area (TPSA) is 85.7 Å². The highest BCUT2D eigenvalue weighted by atomic mass is 19.4. The van der Waals surface area contributed by atoms with Crippen LogP contribution in [0.4, 0.5) is 23.7 Å². The molecule has 0 saturated carbocycles. The van der Waals surface area contributed by atoms with Crippen molar-refractivity contribution in [3.8, 4) is 6.07 Å². The number of esters is 1. The SMILES string of the molecule is CCOC(=O)C1=C(C)N(c2cccc(C(F)(F)F)c2)C(=O)N(CCCCCNC)[C@@H]1C1C=CC(C#N)=CC1. The Morgan fingerprint density at radius 1 is 1.26 bits per heavy atom. The summed E-state index contributed by atoms with van der Waals surface area (Å²) in [5.74, 6) is -0.936. The van der Waals surface area contributed by atoms with E-state index in [1.54, 1.807) is 30.9 Å². The van der Waals surface area contributed by atoms with E-state index in [2.05, 4.69) is 11.4 Å². The number of nitrogens with one attached hydrogen (secondary N) is 1. The molecule has 0 radical (unpaired) electrons. The normalized spacial score (nSPS) is 19.9. The quantitative estimate of drug-likeness (QED) is 0.316. The lowest BCUT2D eigenvalue weighted by atomic mass is 9.83. The molecule has 10 heteroatoms. The lowest BCUT2D eigenvalue weighted by Gasteiger charge is -2.45. The van der Waals surface area contributed by atoms with Crippen LogP contribution in [-0.4, -0.2) is 49.7 Å². The molecule has 2 atom stereocenters. The summed E-state index contributed by atoms with van der Waals surface area (Å²) >= 11 is 0. The van der Waals surface area contributed by atoms with Crippen LogP contribution >= 0.6 is 0 Å². The third-order valence-electron chi connectivity index (χ3n) is 6.71. The third kappa shape index (κ3) is 6.45. The molecular weight excluding hydrogens is 497 g/mol. The molecular formula is C28H33F3N4O3. The zero-order valence-electron chi connectivity index (χ0n) is 21.8. The lowest BCUT2D eigenvalue weighted by Crippen LogP contribution is -2.57. The van der Waals surface area contributed by atoms with Crippen LogP contribution in [0.25, 0.3) is 0 Å². The number of rotatable bonds is 10. The van der Waals surface area contributed by atoms with Crippen molar-refractivity contribution in [3.05, 3.63) is 64.9 Å². The number of unbranched alkanes of at least 4 members (excludes halogenated alkanes) is 2. The maximum absolute atomic E-state index is 14.0. The van der Waals surface area contributed by atoms with Gasteiger partial charge in [0.1, 0.15) is 0 Å². The van der Waals surface area contributed by atoms with Gasteiger partial charge in [-0.15, -0.1) is 0 Å². The summed E-state index contributed by atoms with van der Waals surface area (Å²) in [5.41, 5.74) is 0.0770. The van der Waals surface area contributed by atoms with Gasteiger partial charge in [-0.05, 0) is 71.0 Å². The molecule has 38 heavy (non-hydrogen) atoms. The summed E-state index contributed by atoms with van der Waals surface area (Å²) in [5, 5.41) is 12.3. The number of carbonyl (C=O) groups is 2. The van der Waals surface area contributed by atoms with E-state index in [1.165, 1.54) is 17.0 Å². The third-order valence-corrected chi connectivity index (χ3v) is 6.71. The predicted molar refractivity (Wildman–Crippen MR) is 138 cm³/mol. The Labute approximate surface area is 221 Å². The first kappa shape index (κ1) is 29.0. The van der Waals surface area contributed by atoms with Crippen LogP contribution in [0.1, 0.15) is 45.1 Å². The Morgan fingerprint density at radius 2 is 2.03 bits per heavy atom. The second-order valence-electron chi connectivity index (χ2n) is 9.22. The average molecular weight is 531 g/mol. The van der Waals surface area contributed by atoms with E-state index in [1.807, 2.05) is 13.1 Å². The van der Waals surface area contributed by atoms with Crippen LogP contribution in [0.15, 0.2) is 59.3 Å². The number of anilines is 1. The standard InChI is InChI=1S/C28H33F3N4O3/c1-4-38-26(36)24-19(2)35(23-10-8-9-22(17-23)28(29,30)31)27(37)34(16-7-5-6-15-33-3)25(24)21-13-11-20(18-32)12-14-21/h8-13,17,21,25,33H,4-7,14-16H2,1-3H3/t21?,25-/m1/s1. The number of allylic oxidation sites excluding steroid dienone is 4. The molecule has 1 aliphatic heterocycles. The number of hydrogen-bond acceptors (Lipinski definition) is 5. The molecule has 2 amide bonds. The largest absolute Gasteiger partial charge is 0.463 e. The molecule has 204 valence electrons. The molecule has 0 fully saturated rings. The van der Waals surface area contributed by atoms with E-state index < -0.39 is 29.8 Å². The van der Waals surface area contributed by atoms with Gasteiger partial charge in [-0.2, -0.15) is 18.4 Å². The van der Waals surface area contributed by atoms with Gasteiger partial charge in [0.2, 0.25) is 0 Å². The Morgan fingerprint density at radius 3 is 2.63 bits per heavy atom. The number of halogens is 3. The maximum atomic E-state index is 14.0. The van der Waals surface area contributed by atoms with Gasteiger partial charge in [-0.1, -0.05) is 24.6 Å². The molecule has 1 unspecified atom stereocenters. The molecule has 3 rings (SSSR count). The molecule has 0 saturated heterocycles. The van der Waals surface area contributed by atoms with Gasteiger partial charge in [0.05, 0.1) is 35.5 Å². The first-order chi connectivity index (χ1) is 18.1. The van der Waals surface area contributed by atoms with Crippen molar-refractivity contribution in [3.63, 3.8) is 0 Å². The minimum atomic E-state index is -4.59. The highest BCUT2D eigenvalue weighted by Crippen LogP contribution is 2.39. The number of hydrogen-bond donors (Lipinski definition) is 1. The van der Waals surface area contributed by atoms with Crippen molar-refractivity contribution < 1.29 is 27.5 Å². The Hall–Kier alpha value is -3.58. The first-order valence-corrected chi connectivity index (χ1v) is 12.7. The van der Waals surface area contributed by atoms with E-state index in [0.717, 1.165) is 31.5 Å². The predicted octanol–water partition coefficient (Wildman–Crippen LogP) is 5.57. The summed E-state index contributed by atoms with van der Waals surface area (Å²) < 4.78 is 45.9. The fraction of sp³-hybridized carbons (Fsp3) is 0.464. The number of nitriles is 1. The van der Waals surface area contributed by atoms with Crippen molar-refractivity contribution in [1.29, 1.82) is 5.26 Å². The highest BCUT2D eigenvalue weighted by molar-refractivity contribution is 6.03. The van der Waals surface area contributed by atoms with Crippen LogP contribution < -0.4 is 10.2 Å². The number of urea groups is 1. The van der Waals surface area contributed by atoms with Crippen molar-refractivity contribution in [2.24, 2.45) is 5.92 Å². The van der Waals surface area contributed by atoms with Crippen molar-refractivity contribution in [2.75, 3.05) is 31.6 Å². The second kappa shape index (κ2) is 12.8. The van der Waals surface area contributed by atoms with Crippen LogP contribution in [0, 0.1) is 17.2 Å². The molecule has 7 nitrogen and oxygen atoms in total.